The van der Waals surface area contributed by atoms with Gasteiger partial charge in [-0.05, 0) is 25.8 Å². The van der Waals surface area contributed by atoms with Crippen molar-refractivity contribution in [3.05, 3.63) is 52.0 Å². The summed E-state index contributed by atoms with van der Waals surface area (Å²) in [5.41, 5.74) is 1.27. The fourth-order valence-corrected chi connectivity index (χ4v) is 4.03. The first-order valence-electron chi connectivity index (χ1n) is 9.89. The second-order valence-electron chi connectivity index (χ2n) is 7.09. The van der Waals surface area contributed by atoms with Crippen molar-refractivity contribution in [3.63, 3.8) is 0 Å². The van der Waals surface area contributed by atoms with E-state index in [1.165, 1.54) is 10.4 Å². The van der Waals surface area contributed by atoms with Gasteiger partial charge < -0.3 is 15.5 Å². The van der Waals surface area contributed by atoms with Crippen LogP contribution in [0.1, 0.15) is 28.8 Å². The summed E-state index contributed by atoms with van der Waals surface area (Å²) in [6, 6.07) is 10.3. The number of aryl methyl sites for hydroxylation is 1. The Morgan fingerprint density at radius 3 is 2.79 bits per heavy atom. The van der Waals surface area contributed by atoms with Gasteiger partial charge in [-0.3, -0.25) is 4.79 Å². The smallest absolute Gasteiger partial charge is 0.223 e. The van der Waals surface area contributed by atoms with Crippen LogP contribution in [0, 0.1) is 12.8 Å². The van der Waals surface area contributed by atoms with Crippen LogP contribution in [0.3, 0.4) is 0 Å². The first-order chi connectivity index (χ1) is 13.6. The van der Waals surface area contributed by atoms with Gasteiger partial charge in [-0.1, -0.05) is 30.3 Å². The van der Waals surface area contributed by atoms with Crippen LogP contribution in [-0.4, -0.2) is 47.9 Å². The summed E-state index contributed by atoms with van der Waals surface area (Å²) >= 11 is 1.67. The molecular weight excluding hydrogens is 497 g/mol. The number of aliphatic imine (C=N–C) groups is 1. The second kappa shape index (κ2) is 12.1. The predicted octanol–water partition coefficient (Wildman–Crippen LogP) is 3.22. The van der Waals surface area contributed by atoms with Gasteiger partial charge in [0.05, 0.1) is 6.54 Å². The Kier molecular flexibility index (Phi) is 9.86. The molecule has 0 aliphatic carbocycles. The molecule has 1 unspecified atom stereocenters. The number of likely N-dealkylation sites (tertiary alicyclic amines) is 1. The molecular formula is C21H30IN5OS. The lowest BCUT2D eigenvalue weighted by molar-refractivity contribution is -0.127. The van der Waals surface area contributed by atoms with Crippen LogP contribution in [0.2, 0.25) is 0 Å². The Bertz CT molecular complexity index is 795. The van der Waals surface area contributed by atoms with Crippen molar-refractivity contribution >= 4 is 47.2 Å². The maximum absolute atomic E-state index is 12.3. The van der Waals surface area contributed by atoms with Crippen LogP contribution < -0.4 is 10.6 Å². The number of nitrogens with one attached hydrogen (secondary N) is 2. The first-order valence-corrected chi connectivity index (χ1v) is 10.7. The van der Waals surface area contributed by atoms with E-state index in [0.717, 1.165) is 43.6 Å². The highest BCUT2D eigenvalue weighted by Gasteiger charge is 2.29. The van der Waals surface area contributed by atoms with Gasteiger partial charge in [0, 0.05) is 49.6 Å². The molecule has 1 aromatic heterocycles. The van der Waals surface area contributed by atoms with Crippen molar-refractivity contribution < 1.29 is 4.79 Å². The lowest BCUT2D eigenvalue weighted by atomic mass is 10.1. The molecule has 1 amide bonds. The van der Waals surface area contributed by atoms with Gasteiger partial charge in [0.15, 0.2) is 5.96 Å². The van der Waals surface area contributed by atoms with Crippen LogP contribution in [0.15, 0.2) is 41.5 Å². The number of thiazole rings is 1. The molecule has 6 nitrogen and oxygen atoms in total. The van der Waals surface area contributed by atoms with E-state index < -0.39 is 0 Å². The molecule has 29 heavy (non-hydrogen) atoms. The maximum atomic E-state index is 12.3. The summed E-state index contributed by atoms with van der Waals surface area (Å²) in [4.78, 5) is 24.5. The minimum atomic E-state index is 0. The summed E-state index contributed by atoms with van der Waals surface area (Å²) in [6.07, 6.45) is 3.39. The molecule has 0 radical (unpaired) electrons. The van der Waals surface area contributed by atoms with Gasteiger partial charge in [0.2, 0.25) is 5.91 Å². The van der Waals surface area contributed by atoms with Crippen LogP contribution >= 0.6 is 35.3 Å². The molecule has 2 heterocycles. The van der Waals surface area contributed by atoms with Crippen molar-refractivity contribution in [2.45, 2.75) is 33.2 Å². The fraction of sp³-hybridized carbons (Fsp3) is 0.476. The van der Waals surface area contributed by atoms with E-state index in [9.17, 15) is 4.79 Å². The van der Waals surface area contributed by atoms with Crippen LogP contribution in [-0.2, 0) is 17.8 Å². The second-order valence-corrected chi connectivity index (χ2v) is 8.41. The topological polar surface area (TPSA) is 69.6 Å². The molecule has 1 fully saturated rings. The molecule has 3 rings (SSSR count). The third-order valence-corrected chi connectivity index (χ3v) is 5.65. The third kappa shape index (κ3) is 7.58. The number of amides is 1. The van der Waals surface area contributed by atoms with Crippen molar-refractivity contribution in [1.82, 2.24) is 20.5 Å². The number of halogens is 1. The molecule has 1 aliphatic heterocycles. The molecule has 1 atom stereocenters. The molecule has 1 saturated heterocycles. The zero-order valence-corrected chi connectivity index (χ0v) is 20.2. The summed E-state index contributed by atoms with van der Waals surface area (Å²) in [6.45, 7) is 7.82. The minimum absolute atomic E-state index is 0. The zero-order valence-electron chi connectivity index (χ0n) is 17.1. The minimum Gasteiger partial charge on any atom is -0.357 e. The summed E-state index contributed by atoms with van der Waals surface area (Å²) in [5, 5.41) is 7.67. The molecule has 2 N–H and O–H groups in total. The van der Waals surface area contributed by atoms with Gasteiger partial charge in [-0.2, -0.15) is 0 Å². The number of nitrogens with zero attached hydrogens (tertiary/aromatic N) is 3. The Balaban J connectivity index is 0.00000300. The lowest BCUT2D eigenvalue weighted by Gasteiger charge is -2.18. The Morgan fingerprint density at radius 2 is 2.10 bits per heavy atom. The SMILES string of the molecule is CCNC(=NCc1ncc(C)s1)NCC1CC(=O)N(CCc2ccccc2)C1.I. The molecule has 2 aromatic rings. The number of benzene rings is 1. The van der Waals surface area contributed by atoms with Gasteiger partial charge >= 0.3 is 0 Å². The number of hydrogen-bond donors (Lipinski definition) is 2. The monoisotopic (exact) mass is 527 g/mol. The highest BCUT2D eigenvalue weighted by atomic mass is 127. The average Bonchev–Trinajstić information content (AvgIpc) is 3.28. The van der Waals surface area contributed by atoms with Gasteiger partial charge in [0.1, 0.15) is 5.01 Å². The van der Waals surface area contributed by atoms with Gasteiger partial charge in [0.25, 0.3) is 0 Å². The molecule has 158 valence electrons. The zero-order chi connectivity index (χ0) is 19.8. The fourth-order valence-electron chi connectivity index (χ4n) is 3.32. The number of hydrogen-bond acceptors (Lipinski definition) is 4. The molecule has 1 aromatic carbocycles. The standard InChI is InChI=1S/C21H29N5OS.HI/c1-3-22-21(25-14-19-23-12-16(2)28-19)24-13-18-11-20(27)26(15-18)10-9-17-7-5-4-6-8-17;/h4-8,12,18H,3,9-11,13-15H2,1-2H3,(H2,22,24,25);1H. The van der Waals surface area contributed by atoms with Crippen LogP contribution in [0.4, 0.5) is 0 Å². The Labute approximate surface area is 194 Å². The third-order valence-electron chi connectivity index (χ3n) is 4.75. The van der Waals surface area contributed by atoms with Crippen molar-refractivity contribution in [3.8, 4) is 0 Å². The average molecular weight is 527 g/mol. The highest BCUT2D eigenvalue weighted by molar-refractivity contribution is 14.0. The Hall–Kier alpha value is -1.68. The molecule has 8 heteroatoms. The summed E-state index contributed by atoms with van der Waals surface area (Å²) in [5.74, 6) is 1.35. The number of guanidine groups is 1. The van der Waals surface area contributed by atoms with E-state index >= 15 is 0 Å². The highest BCUT2D eigenvalue weighted by Crippen LogP contribution is 2.18. The normalized spacial score (nSPS) is 16.6. The molecule has 0 saturated carbocycles. The van der Waals surface area contributed by atoms with E-state index in [4.69, 9.17) is 0 Å². The van der Waals surface area contributed by atoms with E-state index in [2.05, 4.69) is 46.6 Å². The van der Waals surface area contributed by atoms with Crippen molar-refractivity contribution in [2.24, 2.45) is 10.9 Å². The first kappa shape index (κ1) is 23.6. The quantitative estimate of drug-likeness (QED) is 0.314. The molecule has 0 spiro atoms. The van der Waals surface area contributed by atoms with E-state index in [1.807, 2.05) is 29.3 Å². The lowest BCUT2D eigenvalue weighted by Crippen LogP contribution is -2.40. The van der Waals surface area contributed by atoms with Crippen LogP contribution in [0.25, 0.3) is 0 Å². The summed E-state index contributed by atoms with van der Waals surface area (Å²) in [7, 11) is 0. The predicted molar refractivity (Wildman–Crippen MR) is 130 cm³/mol. The van der Waals surface area contributed by atoms with Crippen molar-refractivity contribution in [1.29, 1.82) is 0 Å². The summed E-state index contributed by atoms with van der Waals surface area (Å²) < 4.78 is 0. The molecule has 0 bridgehead atoms. The number of rotatable bonds is 8. The maximum Gasteiger partial charge on any atom is 0.223 e. The van der Waals surface area contributed by atoms with E-state index in [0.29, 0.717) is 18.9 Å². The number of carbonyl (C=O) groups excluding carboxylic acids is 1. The van der Waals surface area contributed by atoms with Crippen LogP contribution in [0.5, 0.6) is 0 Å². The van der Waals surface area contributed by atoms with Crippen molar-refractivity contribution in [2.75, 3.05) is 26.2 Å². The van der Waals surface area contributed by atoms with Gasteiger partial charge in [-0.25, -0.2) is 9.98 Å². The molecule has 1 aliphatic rings. The van der Waals surface area contributed by atoms with Gasteiger partial charge in [-0.15, -0.1) is 35.3 Å². The van der Waals surface area contributed by atoms with E-state index in [1.54, 1.807) is 11.3 Å². The number of carbonyl (C=O) groups is 1. The number of aromatic nitrogens is 1. The Morgan fingerprint density at radius 1 is 1.31 bits per heavy atom. The largest absolute Gasteiger partial charge is 0.357 e. The van der Waals surface area contributed by atoms with E-state index in [-0.39, 0.29) is 29.9 Å².